The Morgan fingerprint density at radius 1 is 1.15 bits per heavy atom. The molecule has 1 fully saturated rings. The number of hydrogen-bond acceptors (Lipinski definition) is 5. The Morgan fingerprint density at radius 2 is 1.80 bits per heavy atom. The van der Waals surface area contributed by atoms with Crippen LogP contribution in [0.1, 0.15) is 18.4 Å². The van der Waals surface area contributed by atoms with E-state index in [0.29, 0.717) is 0 Å². The Labute approximate surface area is 118 Å². The molecule has 2 rings (SSSR count). The molecule has 1 heterocycles. The molecule has 0 bridgehead atoms. The van der Waals surface area contributed by atoms with E-state index in [1.54, 1.807) is 0 Å². The molecule has 0 aliphatic carbocycles. The van der Waals surface area contributed by atoms with E-state index < -0.39 is 18.0 Å². The van der Waals surface area contributed by atoms with Gasteiger partial charge in [-0.1, -0.05) is 30.3 Å². The quantitative estimate of drug-likeness (QED) is 0.601. The smallest absolute Gasteiger partial charge is 0.335 e. The van der Waals surface area contributed by atoms with Crippen molar-refractivity contribution >= 4 is 11.9 Å². The normalized spacial score (nSPS) is 16.6. The molecule has 5 nitrogen and oxygen atoms in total. The standard InChI is InChI=1S/C15H19NO4/c1-19-14(17)13(16-9-5-6-10-16)15(18)20-11-12-7-3-2-4-8-12/h2-4,7-8,13H,5-6,9-11H2,1H3. The highest BCUT2D eigenvalue weighted by Gasteiger charge is 2.36. The lowest BCUT2D eigenvalue weighted by Crippen LogP contribution is -2.46. The summed E-state index contributed by atoms with van der Waals surface area (Å²) in [5.41, 5.74) is 0.894. The van der Waals surface area contributed by atoms with Gasteiger partial charge in [0.15, 0.2) is 0 Å². The van der Waals surface area contributed by atoms with Crippen molar-refractivity contribution in [3.8, 4) is 0 Å². The molecule has 1 aromatic rings. The predicted molar refractivity (Wildman–Crippen MR) is 72.8 cm³/mol. The molecular formula is C15H19NO4. The first-order chi connectivity index (χ1) is 9.72. The van der Waals surface area contributed by atoms with Crippen LogP contribution in [-0.2, 0) is 25.7 Å². The maximum Gasteiger partial charge on any atom is 0.335 e. The van der Waals surface area contributed by atoms with Gasteiger partial charge in [0, 0.05) is 0 Å². The van der Waals surface area contributed by atoms with Crippen LogP contribution in [0, 0.1) is 0 Å². The molecule has 0 N–H and O–H groups in total. The van der Waals surface area contributed by atoms with Crippen molar-refractivity contribution in [3.63, 3.8) is 0 Å². The lowest BCUT2D eigenvalue weighted by atomic mass is 10.2. The zero-order valence-electron chi connectivity index (χ0n) is 11.6. The van der Waals surface area contributed by atoms with E-state index in [-0.39, 0.29) is 6.61 Å². The average Bonchev–Trinajstić information content (AvgIpc) is 3.00. The highest BCUT2D eigenvalue weighted by Crippen LogP contribution is 2.15. The van der Waals surface area contributed by atoms with Crippen LogP contribution in [0.5, 0.6) is 0 Å². The van der Waals surface area contributed by atoms with Crippen LogP contribution >= 0.6 is 0 Å². The van der Waals surface area contributed by atoms with Gasteiger partial charge in [-0.2, -0.15) is 0 Å². The number of carbonyl (C=O) groups is 2. The van der Waals surface area contributed by atoms with Crippen molar-refractivity contribution < 1.29 is 19.1 Å². The molecule has 0 aromatic heterocycles. The van der Waals surface area contributed by atoms with E-state index in [9.17, 15) is 9.59 Å². The summed E-state index contributed by atoms with van der Waals surface area (Å²) < 4.78 is 9.96. The average molecular weight is 277 g/mol. The highest BCUT2D eigenvalue weighted by atomic mass is 16.6. The highest BCUT2D eigenvalue weighted by molar-refractivity contribution is 5.99. The largest absolute Gasteiger partial charge is 0.467 e. The zero-order chi connectivity index (χ0) is 14.4. The topological polar surface area (TPSA) is 55.8 Å². The minimum absolute atomic E-state index is 0.168. The van der Waals surface area contributed by atoms with Crippen molar-refractivity contribution in [1.29, 1.82) is 0 Å². The fourth-order valence-corrected chi connectivity index (χ4v) is 2.31. The molecular weight excluding hydrogens is 258 g/mol. The minimum atomic E-state index is -0.939. The third-order valence-electron chi connectivity index (χ3n) is 3.38. The fraction of sp³-hybridized carbons (Fsp3) is 0.467. The molecule has 0 saturated carbocycles. The zero-order valence-corrected chi connectivity index (χ0v) is 11.6. The van der Waals surface area contributed by atoms with Crippen molar-refractivity contribution in [1.82, 2.24) is 4.90 Å². The van der Waals surface area contributed by atoms with Crippen molar-refractivity contribution in [2.45, 2.75) is 25.5 Å². The summed E-state index contributed by atoms with van der Waals surface area (Å²) in [5.74, 6) is -1.09. The monoisotopic (exact) mass is 277 g/mol. The van der Waals surface area contributed by atoms with Gasteiger partial charge < -0.3 is 9.47 Å². The van der Waals surface area contributed by atoms with Gasteiger partial charge in [0.1, 0.15) is 6.61 Å². The van der Waals surface area contributed by atoms with Crippen LogP contribution in [0.4, 0.5) is 0 Å². The number of methoxy groups -OCH3 is 1. The number of nitrogens with zero attached hydrogens (tertiary/aromatic N) is 1. The van der Waals surface area contributed by atoms with E-state index in [2.05, 4.69) is 0 Å². The number of likely N-dealkylation sites (tertiary alicyclic amines) is 1. The molecule has 1 unspecified atom stereocenters. The van der Waals surface area contributed by atoms with E-state index in [4.69, 9.17) is 9.47 Å². The molecule has 20 heavy (non-hydrogen) atoms. The first-order valence-corrected chi connectivity index (χ1v) is 6.75. The van der Waals surface area contributed by atoms with Gasteiger partial charge >= 0.3 is 11.9 Å². The molecule has 0 radical (unpaired) electrons. The molecule has 1 aliphatic heterocycles. The molecule has 108 valence electrons. The van der Waals surface area contributed by atoms with Crippen molar-refractivity contribution in [2.75, 3.05) is 20.2 Å². The SMILES string of the molecule is COC(=O)C(C(=O)OCc1ccccc1)N1CCCC1. The van der Waals surface area contributed by atoms with Gasteiger partial charge in [0.25, 0.3) is 0 Å². The van der Waals surface area contributed by atoms with Gasteiger partial charge in [-0.25, -0.2) is 9.59 Å². The fourth-order valence-electron chi connectivity index (χ4n) is 2.31. The van der Waals surface area contributed by atoms with Gasteiger partial charge in [-0.3, -0.25) is 4.90 Å². The number of rotatable bonds is 5. The van der Waals surface area contributed by atoms with Crippen LogP contribution < -0.4 is 0 Å². The summed E-state index contributed by atoms with van der Waals surface area (Å²) in [5, 5.41) is 0. The summed E-state index contributed by atoms with van der Waals surface area (Å²) >= 11 is 0. The van der Waals surface area contributed by atoms with Gasteiger partial charge in [-0.05, 0) is 31.5 Å². The van der Waals surface area contributed by atoms with Crippen molar-refractivity contribution in [3.05, 3.63) is 35.9 Å². The Bertz CT molecular complexity index is 454. The Hall–Kier alpha value is -1.88. The van der Waals surface area contributed by atoms with Gasteiger partial charge in [0.2, 0.25) is 6.04 Å². The number of benzene rings is 1. The number of carbonyl (C=O) groups excluding carboxylic acids is 2. The number of hydrogen-bond donors (Lipinski definition) is 0. The van der Waals surface area contributed by atoms with Crippen LogP contribution in [-0.4, -0.2) is 43.1 Å². The van der Waals surface area contributed by atoms with E-state index >= 15 is 0 Å². The molecule has 1 saturated heterocycles. The van der Waals surface area contributed by atoms with E-state index in [1.807, 2.05) is 35.2 Å². The summed E-state index contributed by atoms with van der Waals surface area (Å²) in [7, 11) is 1.29. The van der Waals surface area contributed by atoms with Gasteiger partial charge in [0.05, 0.1) is 7.11 Å². The summed E-state index contributed by atoms with van der Waals surface area (Å²) in [4.78, 5) is 25.7. The number of esters is 2. The van der Waals surface area contributed by atoms with Crippen LogP contribution in [0.3, 0.4) is 0 Å². The minimum Gasteiger partial charge on any atom is -0.467 e. The van der Waals surface area contributed by atoms with Crippen LogP contribution in [0.15, 0.2) is 30.3 Å². The molecule has 1 atom stereocenters. The third-order valence-corrected chi connectivity index (χ3v) is 3.38. The molecule has 0 spiro atoms. The summed E-state index contributed by atoms with van der Waals surface area (Å²) in [6.07, 6.45) is 1.97. The van der Waals surface area contributed by atoms with E-state index in [0.717, 1.165) is 31.5 Å². The summed E-state index contributed by atoms with van der Waals surface area (Å²) in [6, 6.07) is 8.45. The van der Waals surface area contributed by atoms with E-state index in [1.165, 1.54) is 7.11 Å². The maximum absolute atomic E-state index is 12.1. The van der Waals surface area contributed by atoms with Crippen molar-refractivity contribution in [2.24, 2.45) is 0 Å². The Balaban J connectivity index is 1.97. The summed E-state index contributed by atoms with van der Waals surface area (Å²) in [6.45, 7) is 1.61. The second-order valence-electron chi connectivity index (χ2n) is 4.76. The first-order valence-electron chi connectivity index (χ1n) is 6.75. The molecule has 0 amide bonds. The second-order valence-corrected chi connectivity index (χ2v) is 4.76. The lowest BCUT2D eigenvalue weighted by molar-refractivity contribution is -0.162. The molecule has 1 aliphatic rings. The lowest BCUT2D eigenvalue weighted by Gasteiger charge is -2.23. The number of ether oxygens (including phenoxy) is 2. The Morgan fingerprint density at radius 3 is 2.40 bits per heavy atom. The third kappa shape index (κ3) is 3.57. The maximum atomic E-state index is 12.1. The van der Waals surface area contributed by atoms with Gasteiger partial charge in [-0.15, -0.1) is 0 Å². The Kier molecular flexibility index (Phi) is 5.12. The van der Waals surface area contributed by atoms with Crippen LogP contribution in [0.2, 0.25) is 0 Å². The molecule has 5 heteroatoms. The predicted octanol–water partition coefficient (Wildman–Crippen LogP) is 1.37. The second kappa shape index (κ2) is 7.05. The first kappa shape index (κ1) is 14.5. The van der Waals surface area contributed by atoms with Crippen LogP contribution in [0.25, 0.3) is 0 Å². The molecule has 1 aromatic carbocycles.